The molecule has 7 heteroatoms. The quantitative estimate of drug-likeness (QED) is 0.746. The lowest BCUT2D eigenvalue weighted by molar-refractivity contribution is 0.0995. The summed E-state index contributed by atoms with van der Waals surface area (Å²) in [6.07, 6.45) is 2.94. The molecule has 3 rings (SSSR count). The van der Waals surface area contributed by atoms with Crippen molar-refractivity contribution in [3.8, 4) is 5.88 Å². The first kappa shape index (κ1) is 16.3. The molecule has 0 radical (unpaired) electrons. The van der Waals surface area contributed by atoms with Crippen molar-refractivity contribution >= 4 is 23.2 Å². The van der Waals surface area contributed by atoms with Crippen LogP contribution in [0.3, 0.4) is 0 Å². The second kappa shape index (κ2) is 7.31. The molecule has 1 aromatic carbocycles. The highest BCUT2D eigenvalue weighted by molar-refractivity contribution is 6.05. The second-order valence-corrected chi connectivity index (χ2v) is 5.05. The molecule has 3 aromatic rings. The first-order chi connectivity index (χ1) is 12.2. The molecule has 2 aromatic heterocycles. The Balaban J connectivity index is 1.62. The average molecular weight is 337 g/mol. The zero-order chi connectivity index (χ0) is 17.6. The number of carbonyl (C=O) groups is 2. The summed E-state index contributed by atoms with van der Waals surface area (Å²) in [4.78, 5) is 28.1. The number of nitrogens with zero attached hydrogens (tertiary/aromatic N) is 1. The smallest absolute Gasteiger partial charge is 0.291 e. The van der Waals surface area contributed by atoms with Gasteiger partial charge in [0, 0.05) is 17.3 Å². The first-order valence-corrected chi connectivity index (χ1v) is 7.42. The lowest BCUT2D eigenvalue weighted by Gasteiger charge is -2.07. The molecule has 0 saturated carbocycles. The number of nitrogens with one attached hydrogen (secondary N) is 2. The number of furan rings is 1. The fourth-order valence-corrected chi connectivity index (χ4v) is 2.08. The number of aromatic nitrogens is 1. The number of hydrogen-bond donors (Lipinski definition) is 2. The Hall–Kier alpha value is -3.61. The minimum absolute atomic E-state index is 0.217. The van der Waals surface area contributed by atoms with Gasteiger partial charge in [-0.3, -0.25) is 9.59 Å². The van der Waals surface area contributed by atoms with Gasteiger partial charge in [-0.05, 0) is 42.5 Å². The molecule has 0 unspecified atom stereocenters. The van der Waals surface area contributed by atoms with Gasteiger partial charge in [0.1, 0.15) is 0 Å². The maximum absolute atomic E-state index is 12.2. The number of amides is 2. The summed E-state index contributed by atoms with van der Waals surface area (Å²) >= 11 is 0. The number of benzene rings is 1. The number of methoxy groups -OCH3 is 1. The van der Waals surface area contributed by atoms with E-state index in [-0.39, 0.29) is 17.6 Å². The minimum Gasteiger partial charge on any atom is -0.481 e. The van der Waals surface area contributed by atoms with Crippen molar-refractivity contribution < 1.29 is 18.7 Å². The van der Waals surface area contributed by atoms with Crippen molar-refractivity contribution in [1.29, 1.82) is 0 Å². The van der Waals surface area contributed by atoms with E-state index in [1.807, 2.05) is 0 Å². The minimum atomic E-state index is -0.355. The number of carbonyl (C=O) groups excluding carboxylic acids is 2. The molecular weight excluding hydrogens is 322 g/mol. The Morgan fingerprint density at radius 3 is 2.28 bits per heavy atom. The molecule has 0 atom stereocenters. The van der Waals surface area contributed by atoms with E-state index in [4.69, 9.17) is 9.15 Å². The molecule has 0 aliphatic rings. The van der Waals surface area contributed by atoms with Gasteiger partial charge >= 0.3 is 0 Å². The van der Waals surface area contributed by atoms with Crippen molar-refractivity contribution in [3.63, 3.8) is 0 Å². The van der Waals surface area contributed by atoms with Gasteiger partial charge < -0.3 is 19.8 Å². The Kier molecular flexibility index (Phi) is 4.75. The Labute approximate surface area is 143 Å². The van der Waals surface area contributed by atoms with Crippen LogP contribution in [0.1, 0.15) is 20.9 Å². The second-order valence-electron chi connectivity index (χ2n) is 5.05. The van der Waals surface area contributed by atoms with E-state index in [1.165, 1.54) is 19.6 Å². The summed E-state index contributed by atoms with van der Waals surface area (Å²) in [7, 11) is 1.52. The average Bonchev–Trinajstić information content (AvgIpc) is 3.18. The Morgan fingerprint density at radius 1 is 0.960 bits per heavy atom. The first-order valence-electron chi connectivity index (χ1n) is 7.42. The molecule has 0 aliphatic carbocycles. The third-order valence-corrected chi connectivity index (χ3v) is 3.35. The van der Waals surface area contributed by atoms with Crippen LogP contribution in [0.5, 0.6) is 5.88 Å². The van der Waals surface area contributed by atoms with Gasteiger partial charge in [0.25, 0.3) is 11.8 Å². The molecule has 7 nitrogen and oxygen atoms in total. The van der Waals surface area contributed by atoms with Gasteiger partial charge in [-0.2, -0.15) is 0 Å². The van der Waals surface area contributed by atoms with Crippen LogP contribution >= 0.6 is 0 Å². The summed E-state index contributed by atoms with van der Waals surface area (Å²) in [6, 6.07) is 13.1. The van der Waals surface area contributed by atoms with Gasteiger partial charge in [-0.25, -0.2) is 4.98 Å². The van der Waals surface area contributed by atoms with Crippen molar-refractivity contribution in [2.45, 2.75) is 0 Å². The summed E-state index contributed by atoms with van der Waals surface area (Å²) < 4.78 is 9.99. The molecule has 2 heterocycles. The summed E-state index contributed by atoms with van der Waals surface area (Å²) in [5, 5.41) is 5.42. The van der Waals surface area contributed by atoms with E-state index >= 15 is 0 Å². The van der Waals surface area contributed by atoms with Crippen LogP contribution in [-0.4, -0.2) is 23.9 Å². The van der Waals surface area contributed by atoms with E-state index in [9.17, 15) is 9.59 Å². The largest absolute Gasteiger partial charge is 0.481 e. The van der Waals surface area contributed by atoms with Crippen molar-refractivity contribution in [3.05, 3.63) is 72.3 Å². The number of hydrogen-bond acceptors (Lipinski definition) is 5. The molecule has 0 saturated heterocycles. The van der Waals surface area contributed by atoms with E-state index in [2.05, 4.69) is 15.6 Å². The Morgan fingerprint density at radius 2 is 1.68 bits per heavy atom. The molecule has 126 valence electrons. The number of rotatable bonds is 5. The van der Waals surface area contributed by atoms with Crippen LogP contribution in [0.2, 0.25) is 0 Å². The lowest BCUT2D eigenvalue weighted by Crippen LogP contribution is -2.13. The van der Waals surface area contributed by atoms with E-state index in [0.29, 0.717) is 22.8 Å². The monoisotopic (exact) mass is 337 g/mol. The zero-order valence-electron chi connectivity index (χ0n) is 13.4. The number of anilines is 2. The van der Waals surface area contributed by atoms with E-state index < -0.39 is 0 Å². The van der Waals surface area contributed by atoms with Crippen LogP contribution in [0.4, 0.5) is 11.4 Å². The highest BCUT2D eigenvalue weighted by Gasteiger charge is 2.10. The van der Waals surface area contributed by atoms with Crippen molar-refractivity contribution in [2.75, 3.05) is 17.7 Å². The topological polar surface area (TPSA) is 93.5 Å². The molecule has 2 N–H and O–H groups in total. The normalized spacial score (nSPS) is 10.1. The standard InChI is InChI=1S/C18H15N3O4/c1-24-16-9-8-14(11-19-16)21-17(22)12-4-6-13(7-5-12)20-18(23)15-3-2-10-25-15/h2-11H,1H3,(H,20,23)(H,21,22). The third-order valence-electron chi connectivity index (χ3n) is 3.35. The molecule has 0 fully saturated rings. The highest BCUT2D eigenvalue weighted by atomic mass is 16.5. The fourth-order valence-electron chi connectivity index (χ4n) is 2.08. The molecule has 2 amide bonds. The molecule has 0 bridgehead atoms. The molecule has 0 aliphatic heterocycles. The number of ether oxygens (including phenoxy) is 1. The van der Waals surface area contributed by atoms with Gasteiger partial charge in [0.05, 0.1) is 25.3 Å². The molecule has 25 heavy (non-hydrogen) atoms. The maximum atomic E-state index is 12.2. The Bertz CT molecular complexity index is 856. The molecular formula is C18H15N3O4. The van der Waals surface area contributed by atoms with Gasteiger partial charge in [-0.15, -0.1) is 0 Å². The van der Waals surface area contributed by atoms with Crippen LogP contribution in [0.15, 0.2) is 65.4 Å². The highest BCUT2D eigenvalue weighted by Crippen LogP contribution is 2.15. The maximum Gasteiger partial charge on any atom is 0.291 e. The summed E-state index contributed by atoms with van der Waals surface area (Å²) in [5.41, 5.74) is 1.57. The predicted molar refractivity (Wildman–Crippen MR) is 91.8 cm³/mol. The third kappa shape index (κ3) is 4.03. The SMILES string of the molecule is COc1ccc(NC(=O)c2ccc(NC(=O)c3ccco3)cc2)cn1. The van der Waals surface area contributed by atoms with Gasteiger partial charge in [0.2, 0.25) is 5.88 Å². The summed E-state index contributed by atoms with van der Waals surface area (Å²) in [6.45, 7) is 0. The lowest BCUT2D eigenvalue weighted by atomic mass is 10.2. The van der Waals surface area contributed by atoms with Crippen LogP contribution < -0.4 is 15.4 Å². The van der Waals surface area contributed by atoms with Crippen molar-refractivity contribution in [1.82, 2.24) is 4.98 Å². The van der Waals surface area contributed by atoms with Gasteiger partial charge in [-0.1, -0.05) is 0 Å². The van der Waals surface area contributed by atoms with E-state index in [1.54, 1.807) is 48.5 Å². The van der Waals surface area contributed by atoms with Crippen LogP contribution in [0.25, 0.3) is 0 Å². The van der Waals surface area contributed by atoms with Crippen LogP contribution in [-0.2, 0) is 0 Å². The zero-order valence-corrected chi connectivity index (χ0v) is 13.4. The fraction of sp³-hybridized carbons (Fsp3) is 0.0556. The van der Waals surface area contributed by atoms with E-state index in [0.717, 1.165) is 0 Å². The van der Waals surface area contributed by atoms with Crippen molar-refractivity contribution in [2.24, 2.45) is 0 Å². The van der Waals surface area contributed by atoms with Gasteiger partial charge in [0.15, 0.2) is 5.76 Å². The predicted octanol–water partition coefficient (Wildman–Crippen LogP) is 3.19. The number of pyridine rings is 1. The summed E-state index contributed by atoms with van der Waals surface area (Å²) in [5.74, 6) is 0.0471. The molecule has 0 spiro atoms. The van der Waals surface area contributed by atoms with Crippen LogP contribution in [0, 0.1) is 0 Å².